The van der Waals surface area contributed by atoms with Crippen molar-refractivity contribution in [3.05, 3.63) is 91.4 Å². The van der Waals surface area contributed by atoms with E-state index in [-0.39, 0.29) is 5.97 Å². The van der Waals surface area contributed by atoms with E-state index >= 15 is 0 Å². The highest BCUT2D eigenvalue weighted by Gasteiger charge is 2.17. The maximum atomic E-state index is 12.0. The second kappa shape index (κ2) is 9.27. The van der Waals surface area contributed by atoms with Crippen LogP contribution in [0.2, 0.25) is 5.02 Å². The number of carbonyl (C=O) groups is 1. The average Bonchev–Trinajstić information content (AvgIpc) is 3.23. The summed E-state index contributed by atoms with van der Waals surface area (Å²) in [5.41, 5.74) is 2.65. The molecule has 0 spiro atoms. The fourth-order valence-corrected chi connectivity index (χ4v) is 3.36. The molecule has 3 aromatic rings. The number of nitrogens with one attached hydrogen (secondary N) is 1. The number of halogens is 1. The van der Waals surface area contributed by atoms with Crippen molar-refractivity contribution in [3.8, 4) is 5.75 Å². The van der Waals surface area contributed by atoms with Crippen LogP contribution in [-0.2, 0) is 4.79 Å². The van der Waals surface area contributed by atoms with Crippen molar-refractivity contribution in [3.63, 3.8) is 0 Å². The quantitative estimate of drug-likeness (QED) is 0.381. The van der Waals surface area contributed by atoms with Crippen LogP contribution in [0.4, 0.5) is 11.4 Å². The fraction of sp³-hybridized carbons (Fsp3) is 0.125. The van der Waals surface area contributed by atoms with E-state index < -0.39 is 0 Å². The molecule has 1 fully saturated rings. The summed E-state index contributed by atoms with van der Waals surface area (Å²) in [5.74, 6) is 1.58. The van der Waals surface area contributed by atoms with Gasteiger partial charge in [0.15, 0.2) is 0 Å². The molecule has 0 unspecified atom stereocenters. The van der Waals surface area contributed by atoms with Gasteiger partial charge >= 0.3 is 5.97 Å². The van der Waals surface area contributed by atoms with Crippen molar-refractivity contribution in [2.75, 3.05) is 5.32 Å². The van der Waals surface area contributed by atoms with Gasteiger partial charge in [0, 0.05) is 34.4 Å². The molecule has 0 saturated heterocycles. The number of hydrogen-bond donors (Lipinski definition) is 1. The van der Waals surface area contributed by atoms with Gasteiger partial charge in [-0.3, -0.25) is 9.78 Å². The van der Waals surface area contributed by atoms with E-state index in [1.807, 2.05) is 49.2 Å². The van der Waals surface area contributed by atoms with E-state index in [0.29, 0.717) is 17.2 Å². The lowest BCUT2D eigenvalue weighted by Crippen LogP contribution is -2.08. The Hall–Kier alpha value is -2.59. The highest BCUT2D eigenvalue weighted by Crippen LogP contribution is 2.29. The normalized spacial score (nSPS) is 14.2. The van der Waals surface area contributed by atoms with Gasteiger partial charge in [0.05, 0.1) is 5.52 Å². The highest BCUT2D eigenvalue weighted by molar-refractivity contribution is 6.31. The van der Waals surface area contributed by atoms with E-state index in [0.717, 1.165) is 35.1 Å². The van der Waals surface area contributed by atoms with Crippen LogP contribution in [0.3, 0.4) is 0 Å². The second-order valence-electron chi connectivity index (χ2n) is 6.79. The molecule has 1 aromatic heterocycles. The van der Waals surface area contributed by atoms with Crippen LogP contribution in [0, 0.1) is 31.6 Å². The number of fused-ring (bicyclic) bond motifs is 1. The zero-order chi connectivity index (χ0) is 20.1. The molecule has 0 aliphatic heterocycles. The van der Waals surface area contributed by atoms with Gasteiger partial charge in [-0.15, -0.1) is 0 Å². The molecule has 1 N–H and O–H groups in total. The van der Waals surface area contributed by atoms with E-state index in [2.05, 4.69) is 23.1 Å². The summed E-state index contributed by atoms with van der Waals surface area (Å²) in [4.78, 5) is 16.4. The molecule has 5 radical (unpaired) electrons. The van der Waals surface area contributed by atoms with Gasteiger partial charge in [0.25, 0.3) is 0 Å². The first kappa shape index (κ1) is 19.7. The molecule has 1 heterocycles. The van der Waals surface area contributed by atoms with Crippen molar-refractivity contribution in [1.29, 1.82) is 0 Å². The van der Waals surface area contributed by atoms with Crippen LogP contribution < -0.4 is 10.1 Å². The van der Waals surface area contributed by atoms with Gasteiger partial charge < -0.3 is 10.1 Å². The smallest absolute Gasteiger partial charge is 0.311 e. The van der Waals surface area contributed by atoms with Gasteiger partial charge in [-0.1, -0.05) is 11.6 Å². The molecule has 0 amide bonds. The summed E-state index contributed by atoms with van der Waals surface area (Å²) in [6, 6.07) is 14.9. The molecule has 1 aliphatic rings. The molecule has 1 saturated carbocycles. The Kier molecular flexibility index (Phi) is 6.30. The Labute approximate surface area is 176 Å². The summed E-state index contributed by atoms with van der Waals surface area (Å²) >= 11 is 6.05. The summed E-state index contributed by atoms with van der Waals surface area (Å²) in [7, 11) is 0. The number of pyridine rings is 1. The Morgan fingerprint density at radius 2 is 1.83 bits per heavy atom. The van der Waals surface area contributed by atoms with Gasteiger partial charge in [-0.05, 0) is 93.0 Å². The number of esters is 1. The number of carbonyl (C=O) groups excluding carboxylic acids is 1. The molecule has 0 bridgehead atoms. The lowest BCUT2D eigenvalue weighted by Gasteiger charge is -2.11. The van der Waals surface area contributed by atoms with Crippen LogP contribution in [0.5, 0.6) is 5.75 Å². The minimum atomic E-state index is -0.214. The molecule has 0 atom stereocenters. The van der Waals surface area contributed by atoms with Crippen LogP contribution in [0.25, 0.3) is 10.9 Å². The Balaban J connectivity index is 1.33. The zero-order valence-electron chi connectivity index (χ0n) is 15.8. The van der Waals surface area contributed by atoms with E-state index in [1.165, 1.54) is 5.92 Å². The number of aromatic nitrogens is 1. The third-order valence-electron chi connectivity index (χ3n) is 4.65. The largest absolute Gasteiger partial charge is 0.427 e. The molecule has 29 heavy (non-hydrogen) atoms. The topological polar surface area (TPSA) is 51.2 Å². The monoisotopic (exact) mass is 403 g/mol. The van der Waals surface area contributed by atoms with Gasteiger partial charge in [-0.2, -0.15) is 0 Å². The van der Waals surface area contributed by atoms with E-state index in [1.54, 1.807) is 18.3 Å². The standard InChI is InChI=1S/C24H20ClN2O2/c25-18-8-13-21-22(14-15-26-23(21)16-18)27-19-9-11-20(12-10-19)29-24(28)7-3-6-17-4-1-2-5-17/h1-2,4-5,8-16H,3,6-7H2,(H,26,27). The summed E-state index contributed by atoms with van der Waals surface area (Å²) in [5, 5.41) is 5.01. The fourth-order valence-electron chi connectivity index (χ4n) is 3.19. The van der Waals surface area contributed by atoms with Gasteiger partial charge in [0.1, 0.15) is 5.75 Å². The average molecular weight is 404 g/mol. The first-order valence-electron chi connectivity index (χ1n) is 9.50. The van der Waals surface area contributed by atoms with Crippen molar-refractivity contribution < 1.29 is 9.53 Å². The van der Waals surface area contributed by atoms with Crippen LogP contribution in [-0.4, -0.2) is 11.0 Å². The van der Waals surface area contributed by atoms with Crippen molar-refractivity contribution >= 4 is 39.8 Å². The lowest BCUT2D eigenvalue weighted by molar-refractivity contribution is -0.134. The molecular weight excluding hydrogens is 384 g/mol. The second-order valence-corrected chi connectivity index (χ2v) is 7.23. The molecule has 1 aliphatic carbocycles. The Morgan fingerprint density at radius 1 is 1.03 bits per heavy atom. The highest BCUT2D eigenvalue weighted by atomic mass is 35.5. The van der Waals surface area contributed by atoms with Crippen LogP contribution >= 0.6 is 11.6 Å². The van der Waals surface area contributed by atoms with E-state index in [9.17, 15) is 4.79 Å². The number of ether oxygens (including phenoxy) is 1. The van der Waals surface area contributed by atoms with Gasteiger partial charge in [-0.25, -0.2) is 0 Å². The third kappa shape index (κ3) is 5.27. The molecular formula is C24H20ClN2O2. The lowest BCUT2D eigenvalue weighted by atomic mass is 10.0. The minimum absolute atomic E-state index is 0.214. The van der Waals surface area contributed by atoms with E-state index in [4.69, 9.17) is 16.3 Å². The van der Waals surface area contributed by atoms with Crippen molar-refractivity contribution in [1.82, 2.24) is 4.98 Å². The molecule has 145 valence electrons. The van der Waals surface area contributed by atoms with Crippen LogP contribution in [0.15, 0.2) is 54.7 Å². The van der Waals surface area contributed by atoms with Crippen molar-refractivity contribution in [2.24, 2.45) is 0 Å². The maximum absolute atomic E-state index is 12.0. The third-order valence-corrected chi connectivity index (χ3v) is 4.88. The summed E-state index contributed by atoms with van der Waals surface area (Å²) in [6.45, 7) is 0. The molecule has 2 aromatic carbocycles. The first-order chi connectivity index (χ1) is 14.2. The maximum Gasteiger partial charge on any atom is 0.311 e. The number of hydrogen-bond acceptors (Lipinski definition) is 4. The molecule has 4 rings (SSSR count). The summed E-state index contributed by atoms with van der Waals surface area (Å²) in [6.07, 6.45) is 12.0. The van der Waals surface area contributed by atoms with Crippen molar-refractivity contribution in [2.45, 2.75) is 19.3 Å². The molecule has 4 nitrogen and oxygen atoms in total. The summed E-state index contributed by atoms with van der Waals surface area (Å²) < 4.78 is 5.43. The first-order valence-corrected chi connectivity index (χ1v) is 9.88. The minimum Gasteiger partial charge on any atom is -0.427 e. The zero-order valence-corrected chi connectivity index (χ0v) is 16.5. The number of rotatable bonds is 7. The molecule has 5 heteroatoms. The Morgan fingerprint density at radius 3 is 2.62 bits per heavy atom. The van der Waals surface area contributed by atoms with Crippen LogP contribution in [0.1, 0.15) is 19.3 Å². The number of nitrogens with zero attached hydrogens (tertiary/aromatic N) is 1. The number of benzene rings is 2. The predicted octanol–water partition coefficient (Wildman–Crippen LogP) is 6.11. The Bertz CT molecular complexity index is 982. The number of anilines is 2. The SMILES string of the molecule is O=C(CCC[C]1[CH][CH][CH][CH]1)Oc1ccc(Nc2ccnc3cc(Cl)ccc23)cc1. The predicted molar refractivity (Wildman–Crippen MR) is 116 cm³/mol. The van der Waals surface area contributed by atoms with Gasteiger partial charge in [0.2, 0.25) is 0 Å².